The summed E-state index contributed by atoms with van der Waals surface area (Å²) in [5.41, 5.74) is 5.94. The van der Waals surface area contributed by atoms with Crippen LogP contribution in [-0.2, 0) is 9.47 Å². The molecule has 0 aliphatic rings. The minimum atomic E-state index is -0.755. The second-order valence-electron chi connectivity index (χ2n) is 3.59. The van der Waals surface area contributed by atoms with Gasteiger partial charge in [0.15, 0.2) is 0 Å². The molecule has 0 aromatic carbocycles. The van der Waals surface area contributed by atoms with Crippen molar-refractivity contribution in [2.45, 2.75) is 20.8 Å². The summed E-state index contributed by atoms with van der Waals surface area (Å²) in [4.78, 5) is 27.7. The highest BCUT2D eigenvalue weighted by molar-refractivity contribution is 6.33. The highest BCUT2D eigenvalue weighted by Crippen LogP contribution is 2.27. The number of nitrogens with two attached hydrogens (primary N) is 1. The lowest BCUT2D eigenvalue weighted by atomic mass is 10.1. The van der Waals surface area contributed by atoms with Crippen LogP contribution < -0.4 is 5.73 Å². The third-order valence-corrected chi connectivity index (χ3v) is 2.61. The average Bonchev–Trinajstić information content (AvgIpc) is 2.33. The van der Waals surface area contributed by atoms with Crippen LogP contribution in [0.3, 0.4) is 0 Å². The molecular formula is C12H15ClN2O4. The van der Waals surface area contributed by atoms with E-state index in [0.717, 1.165) is 0 Å². The number of rotatable bonds is 4. The first-order chi connectivity index (χ1) is 8.93. The number of ether oxygens (including phenoxy) is 2. The summed E-state index contributed by atoms with van der Waals surface area (Å²) < 4.78 is 9.72. The van der Waals surface area contributed by atoms with Crippen LogP contribution in [0, 0.1) is 6.92 Å². The Kier molecular flexibility index (Phi) is 5.11. The van der Waals surface area contributed by atoms with Crippen molar-refractivity contribution in [1.29, 1.82) is 0 Å². The van der Waals surface area contributed by atoms with E-state index in [-0.39, 0.29) is 35.2 Å². The van der Waals surface area contributed by atoms with E-state index in [9.17, 15) is 9.59 Å². The monoisotopic (exact) mass is 286 g/mol. The Balaban J connectivity index is 3.46. The zero-order valence-electron chi connectivity index (χ0n) is 10.9. The summed E-state index contributed by atoms with van der Waals surface area (Å²) in [6, 6.07) is 0. The largest absolute Gasteiger partial charge is 0.462 e. The van der Waals surface area contributed by atoms with Crippen molar-refractivity contribution in [3.8, 4) is 0 Å². The van der Waals surface area contributed by atoms with Gasteiger partial charge in [-0.2, -0.15) is 0 Å². The number of nitrogen functional groups attached to an aromatic ring is 1. The van der Waals surface area contributed by atoms with Crippen molar-refractivity contribution in [3.63, 3.8) is 0 Å². The summed E-state index contributed by atoms with van der Waals surface area (Å²) >= 11 is 5.91. The van der Waals surface area contributed by atoms with E-state index >= 15 is 0 Å². The molecule has 1 aromatic rings. The molecule has 0 fully saturated rings. The highest BCUT2D eigenvalue weighted by Gasteiger charge is 2.27. The van der Waals surface area contributed by atoms with Crippen LogP contribution in [0.5, 0.6) is 0 Å². The zero-order valence-corrected chi connectivity index (χ0v) is 11.7. The van der Waals surface area contributed by atoms with E-state index in [0.29, 0.717) is 5.69 Å². The minimum Gasteiger partial charge on any atom is -0.462 e. The lowest BCUT2D eigenvalue weighted by Crippen LogP contribution is -2.18. The van der Waals surface area contributed by atoms with E-state index in [1.165, 1.54) is 0 Å². The van der Waals surface area contributed by atoms with Gasteiger partial charge in [-0.05, 0) is 20.8 Å². The molecule has 2 N–H and O–H groups in total. The van der Waals surface area contributed by atoms with Gasteiger partial charge in [0.25, 0.3) is 0 Å². The molecule has 0 atom stereocenters. The van der Waals surface area contributed by atoms with Gasteiger partial charge in [0.05, 0.1) is 24.6 Å². The van der Waals surface area contributed by atoms with Crippen molar-refractivity contribution < 1.29 is 19.1 Å². The predicted molar refractivity (Wildman–Crippen MR) is 70.3 cm³/mol. The van der Waals surface area contributed by atoms with Gasteiger partial charge in [-0.1, -0.05) is 11.6 Å². The molecular weight excluding hydrogens is 272 g/mol. The smallest absolute Gasteiger partial charge is 0.342 e. The zero-order chi connectivity index (χ0) is 14.6. The minimum absolute atomic E-state index is 0.0610. The number of pyridine rings is 1. The normalized spacial score (nSPS) is 10.1. The van der Waals surface area contributed by atoms with Crippen LogP contribution in [0.15, 0.2) is 0 Å². The molecule has 0 spiro atoms. The van der Waals surface area contributed by atoms with Crippen LogP contribution in [0.4, 0.5) is 5.69 Å². The Morgan fingerprint density at radius 1 is 1.16 bits per heavy atom. The molecule has 0 saturated carbocycles. The van der Waals surface area contributed by atoms with Gasteiger partial charge in [0.1, 0.15) is 16.3 Å². The molecule has 7 heteroatoms. The Morgan fingerprint density at radius 2 is 1.63 bits per heavy atom. The molecule has 0 unspecified atom stereocenters. The molecule has 19 heavy (non-hydrogen) atoms. The number of esters is 2. The number of carbonyl (C=O) groups excluding carboxylic acids is 2. The molecule has 0 bridgehead atoms. The molecule has 6 nitrogen and oxygen atoms in total. The number of aromatic nitrogens is 1. The molecule has 1 heterocycles. The molecule has 104 valence electrons. The van der Waals surface area contributed by atoms with Gasteiger partial charge >= 0.3 is 11.9 Å². The van der Waals surface area contributed by atoms with Gasteiger partial charge in [0.2, 0.25) is 0 Å². The predicted octanol–water partition coefficient (Wildman–Crippen LogP) is 1.98. The molecule has 0 amide bonds. The maximum absolute atomic E-state index is 11.9. The van der Waals surface area contributed by atoms with Crippen molar-refractivity contribution in [3.05, 3.63) is 22.0 Å². The molecule has 1 aromatic heterocycles. The topological polar surface area (TPSA) is 91.5 Å². The maximum atomic E-state index is 11.9. The molecule has 0 radical (unpaired) electrons. The number of hydrogen-bond donors (Lipinski definition) is 1. The van der Waals surface area contributed by atoms with E-state index in [1.54, 1.807) is 20.8 Å². The van der Waals surface area contributed by atoms with Crippen molar-refractivity contribution in [1.82, 2.24) is 4.98 Å². The summed E-state index contributed by atoms with van der Waals surface area (Å²) in [6.07, 6.45) is 0. The Bertz CT molecular complexity index is 517. The standard InChI is InChI=1S/C12H15ClN2O4/c1-4-18-11(16)7-8(12(17)19-5-2)10(13)15-6(3)9(7)14/h4-5,14H2,1-3H3. The number of aryl methyl sites for hydroxylation is 1. The fourth-order valence-electron chi connectivity index (χ4n) is 1.49. The van der Waals surface area contributed by atoms with Crippen molar-refractivity contribution in [2.75, 3.05) is 18.9 Å². The van der Waals surface area contributed by atoms with E-state index in [2.05, 4.69) is 4.98 Å². The van der Waals surface area contributed by atoms with Gasteiger partial charge in [0, 0.05) is 0 Å². The molecule has 0 saturated heterocycles. The molecule has 0 aliphatic carbocycles. The van der Waals surface area contributed by atoms with E-state index < -0.39 is 11.9 Å². The Labute approximate surface area is 115 Å². The Morgan fingerprint density at radius 3 is 2.11 bits per heavy atom. The van der Waals surface area contributed by atoms with Crippen LogP contribution in [0.1, 0.15) is 40.3 Å². The van der Waals surface area contributed by atoms with Gasteiger partial charge in [-0.3, -0.25) is 0 Å². The first kappa shape index (κ1) is 15.2. The number of nitrogens with zero attached hydrogens (tertiary/aromatic N) is 1. The van der Waals surface area contributed by atoms with Crippen molar-refractivity contribution >= 4 is 29.2 Å². The van der Waals surface area contributed by atoms with Crippen LogP contribution in [-0.4, -0.2) is 30.1 Å². The quantitative estimate of drug-likeness (QED) is 0.672. The first-order valence-corrected chi connectivity index (χ1v) is 6.11. The Hall–Kier alpha value is -1.82. The fourth-order valence-corrected chi connectivity index (χ4v) is 1.79. The summed E-state index contributed by atoms with van der Waals surface area (Å²) in [6.45, 7) is 5.16. The lowest BCUT2D eigenvalue weighted by molar-refractivity contribution is 0.0479. The highest BCUT2D eigenvalue weighted by atomic mass is 35.5. The third kappa shape index (κ3) is 3.14. The van der Waals surface area contributed by atoms with Crippen molar-refractivity contribution in [2.24, 2.45) is 0 Å². The van der Waals surface area contributed by atoms with Gasteiger partial charge < -0.3 is 15.2 Å². The lowest BCUT2D eigenvalue weighted by Gasteiger charge is -2.13. The maximum Gasteiger partial charge on any atom is 0.342 e. The SMILES string of the molecule is CCOC(=O)c1c(Cl)nc(C)c(N)c1C(=O)OCC. The number of anilines is 1. The van der Waals surface area contributed by atoms with Crippen LogP contribution >= 0.6 is 11.6 Å². The summed E-state index contributed by atoms with van der Waals surface area (Å²) in [5.74, 6) is -1.48. The summed E-state index contributed by atoms with van der Waals surface area (Å²) in [7, 11) is 0. The first-order valence-electron chi connectivity index (χ1n) is 5.73. The molecule has 0 aliphatic heterocycles. The van der Waals surface area contributed by atoms with E-state index in [4.69, 9.17) is 26.8 Å². The second kappa shape index (κ2) is 6.38. The number of carbonyl (C=O) groups is 2. The number of hydrogen-bond acceptors (Lipinski definition) is 6. The fraction of sp³-hybridized carbons (Fsp3) is 0.417. The van der Waals surface area contributed by atoms with Gasteiger partial charge in [-0.15, -0.1) is 0 Å². The summed E-state index contributed by atoms with van der Waals surface area (Å²) in [5, 5.41) is -0.131. The van der Waals surface area contributed by atoms with E-state index in [1.807, 2.05) is 0 Å². The third-order valence-electron chi connectivity index (χ3n) is 2.34. The van der Waals surface area contributed by atoms with Crippen LogP contribution in [0.25, 0.3) is 0 Å². The second-order valence-corrected chi connectivity index (χ2v) is 3.95. The molecule has 1 rings (SSSR count). The van der Waals surface area contributed by atoms with Crippen LogP contribution in [0.2, 0.25) is 5.15 Å². The van der Waals surface area contributed by atoms with Gasteiger partial charge in [-0.25, -0.2) is 14.6 Å². The average molecular weight is 287 g/mol. The number of halogens is 1.